The van der Waals surface area contributed by atoms with Crippen LogP contribution in [0.15, 0.2) is 0 Å². The van der Waals surface area contributed by atoms with Crippen molar-refractivity contribution < 1.29 is 36.6 Å². The average Bonchev–Trinajstić information content (AvgIpc) is 0.811. The van der Waals surface area contributed by atoms with Crippen LogP contribution in [-0.2, 0) is 21.5 Å². The summed E-state index contributed by atoms with van der Waals surface area (Å²) in [6.45, 7) is 0. The minimum Gasteiger partial charge on any atom is -0.672 e. The van der Waals surface area contributed by atoms with Crippen LogP contribution in [0.4, 0.5) is 0 Å². The molecule has 0 aliphatic carbocycles. The van der Waals surface area contributed by atoms with Gasteiger partial charge in [0.05, 0.1) is 0 Å². The molecule has 0 aromatic carbocycles. The SMILES string of the molecule is O.O=[Si]([O-])[O-].[Mn+2]. The Labute approximate surface area is 46.5 Å². The summed E-state index contributed by atoms with van der Waals surface area (Å²) in [5.41, 5.74) is 0. The van der Waals surface area contributed by atoms with Crippen molar-refractivity contribution in [2.45, 2.75) is 0 Å². The van der Waals surface area contributed by atoms with E-state index in [-0.39, 0.29) is 22.5 Å². The molecule has 4 nitrogen and oxygen atoms in total. The summed E-state index contributed by atoms with van der Waals surface area (Å²) < 4.78 is 8.52. The second kappa shape index (κ2) is 8.92. The topological polar surface area (TPSA) is 94.7 Å². The first-order valence-electron chi connectivity index (χ1n) is 0.612. The van der Waals surface area contributed by atoms with Crippen molar-refractivity contribution in [1.82, 2.24) is 0 Å². The molecule has 0 fully saturated rings. The predicted molar refractivity (Wildman–Crippen MR) is 10.1 cm³/mol. The van der Waals surface area contributed by atoms with Crippen molar-refractivity contribution in [3.05, 3.63) is 0 Å². The molecule has 0 unspecified atom stereocenters. The van der Waals surface area contributed by atoms with E-state index in [4.69, 9.17) is 14.1 Å². The minimum atomic E-state index is -3.63. The summed E-state index contributed by atoms with van der Waals surface area (Å²) in [6, 6.07) is 0. The van der Waals surface area contributed by atoms with Crippen LogP contribution in [-0.4, -0.2) is 14.6 Å². The van der Waals surface area contributed by atoms with Gasteiger partial charge in [0.2, 0.25) is 0 Å². The predicted octanol–water partition coefficient (Wildman–Crippen LogP) is -3.70. The van der Waals surface area contributed by atoms with Crippen LogP contribution in [0.25, 0.3) is 0 Å². The first kappa shape index (κ1) is 16.5. The van der Waals surface area contributed by atoms with E-state index < -0.39 is 9.17 Å². The van der Waals surface area contributed by atoms with Gasteiger partial charge in [-0.3, -0.25) is 0 Å². The molecule has 0 saturated heterocycles. The van der Waals surface area contributed by atoms with Gasteiger partial charge in [-0.1, -0.05) is 0 Å². The van der Waals surface area contributed by atoms with Crippen molar-refractivity contribution in [3.63, 3.8) is 0 Å². The standard InChI is InChI=1S/Mn.O3Si.H2O/c;1-4(2)3;/h;;1H2/q+2;-2;. The van der Waals surface area contributed by atoms with E-state index in [1.54, 1.807) is 0 Å². The van der Waals surface area contributed by atoms with E-state index in [1.165, 1.54) is 0 Å². The summed E-state index contributed by atoms with van der Waals surface area (Å²) in [4.78, 5) is 17.0. The largest absolute Gasteiger partial charge is 2.00 e. The summed E-state index contributed by atoms with van der Waals surface area (Å²) in [5, 5.41) is 0. The van der Waals surface area contributed by atoms with Gasteiger partial charge in [0, 0.05) is 9.17 Å². The molecule has 0 aromatic heterocycles. The fourth-order valence-corrected chi connectivity index (χ4v) is 0. The zero-order valence-electron chi connectivity index (χ0n) is 2.60. The van der Waals surface area contributed by atoms with Crippen LogP contribution in [0.3, 0.4) is 0 Å². The minimum absolute atomic E-state index is 0. The molecule has 0 spiro atoms. The fraction of sp³-hybridized carbons (Fsp3) is 0. The molecule has 37 valence electrons. The summed E-state index contributed by atoms with van der Waals surface area (Å²) >= 11 is 0. The van der Waals surface area contributed by atoms with Crippen molar-refractivity contribution in [2.75, 3.05) is 0 Å². The Kier molecular flexibility index (Phi) is 24.6. The molecule has 0 aliphatic heterocycles. The normalized spacial score (nSPS) is 4.00. The van der Waals surface area contributed by atoms with Gasteiger partial charge in [-0.15, -0.1) is 0 Å². The summed E-state index contributed by atoms with van der Waals surface area (Å²) in [6.07, 6.45) is 0. The molecular weight excluding hydrogens is 147 g/mol. The fourth-order valence-electron chi connectivity index (χ4n) is 0. The first-order chi connectivity index (χ1) is 1.73. The number of rotatable bonds is 0. The Morgan fingerprint density at radius 2 is 1.33 bits per heavy atom. The third-order valence-corrected chi connectivity index (χ3v) is 0. The zero-order valence-corrected chi connectivity index (χ0v) is 4.78. The maximum Gasteiger partial charge on any atom is 2.00 e. The van der Waals surface area contributed by atoms with Crippen LogP contribution in [0.5, 0.6) is 0 Å². The van der Waals surface area contributed by atoms with Crippen LogP contribution in [0.2, 0.25) is 0 Å². The molecule has 6 heteroatoms. The first-order valence-corrected chi connectivity index (χ1v) is 1.84. The smallest absolute Gasteiger partial charge is 0.672 e. The van der Waals surface area contributed by atoms with E-state index in [1.807, 2.05) is 0 Å². The molecule has 0 saturated carbocycles. The van der Waals surface area contributed by atoms with Crippen molar-refractivity contribution >= 4 is 9.17 Å². The third-order valence-electron chi connectivity index (χ3n) is 0. The van der Waals surface area contributed by atoms with E-state index in [0.29, 0.717) is 0 Å². The van der Waals surface area contributed by atoms with E-state index in [0.717, 1.165) is 0 Å². The maximum atomic E-state index is 8.52. The molecule has 0 atom stereocenters. The van der Waals surface area contributed by atoms with E-state index >= 15 is 0 Å². The van der Waals surface area contributed by atoms with Gasteiger partial charge in [-0.25, -0.2) is 0 Å². The Bertz CT molecular complexity index is 30.5. The Morgan fingerprint density at radius 1 is 1.33 bits per heavy atom. The number of hydrogen-bond acceptors (Lipinski definition) is 3. The van der Waals surface area contributed by atoms with Gasteiger partial charge in [0.25, 0.3) is 0 Å². The summed E-state index contributed by atoms with van der Waals surface area (Å²) in [7, 11) is -3.63. The van der Waals surface area contributed by atoms with Gasteiger partial charge >= 0.3 is 17.1 Å². The molecule has 1 radical (unpaired) electrons. The van der Waals surface area contributed by atoms with Crippen LogP contribution >= 0.6 is 0 Å². The Hall–Kier alpha value is 0.0964. The molecule has 0 rings (SSSR count). The van der Waals surface area contributed by atoms with Crippen molar-refractivity contribution in [1.29, 1.82) is 0 Å². The van der Waals surface area contributed by atoms with Crippen LogP contribution in [0, 0.1) is 0 Å². The van der Waals surface area contributed by atoms with Crippen LogP contribution in [0.1, 0.15) is 0 Å². The van der Waals surface area contributed by atoms with Crippen molar-refractivity contribution in [2.24, 2.45) is 0 Å². The molecular formula is H2MnO4Si. The molecule has 6 heavy (non-hydrogen) atoms. The zero-order chi connectivity index (χ0) is 3.58. The second-order valence-electron chi connectivity index (χ2n) is 0.250. The van der Waals surface area contributed by atoms with Gasteiger partial charge in [0.15, 0.2) is 0 Å². The Balaban J connectivity index is -0.0000000450. The third kappa shape index (κ3) is 4230. The number of hydrogen-bond donors (Lipinski definition) is 0. The molecule has 0 aliphatic rings. The molecule has 0 aromatic rings. The van der Waals surface area contributed by atoms with Crippen LogP contribution < -0.4 is 9.59 Å². The average molecular weight is 149 g/mol. The second-order valence-corrected chi connectivity index (χ2v) is 0.750. The molecule has 2 N–H and O–H groups in total. The molecule has 0 amide bonds. The Morgan fingerprint density at radius 3 is 1.33 bits per heavy atom. The van der Waals surface area contributed by atoms with Gasteiger partial charge in [-0.05, 0) is 0 Å². The quantitative estimate of drug-likeness (QED) is 0.331. The van der Waals surface area contributed by atoms with E-state index in [9.17, 15) is 0 Å². The molecule has 0 bridgehead atoms. The van der Waals surface area contributed by atoms with Gasteiger partial charge in [-0.2, -0.15) is 0 Å². The maximum absolute atomic E-state index is 8.52. The van der Waals surface area contributed by atoms with Gasteiger partial charge in [0.1, 0.15) is 0 Å². The van der Waals surface area contributed by atoms with Gasteiger partial charge < -0.3 is 19.5 Å². The monoisotopic (exact) mass is 149 g/mol. The summed E-state index contributed by atoms with van der Waals surface area (Å²) in [5.74, 6) is 0. The van der Waals surface area contributed by atoms with E-state index in [2.05, 4.69) is 0 Å². The molecule has 0 heterocycles. The van der Waals surface area contributed by atoms with Crippen molar-refractivity contribution in [3.8, 4) is 0 Å².